The highest BCUT2D eigenvalue weighted by Gasteiger charge is 2.09. The van der Waals surface area contributed by atoms with Crippen LogP contribution in [0.15, 0.2) is 53.9 Å². The largest absolute Gasteiger partial charge is 0.494 e. The maximum Gasteiger partial charge on any atom is 0.134 e. The fraction of sp³-hybridized carbons (Fsp3) is 0.217. The Balaban J connectivity index is 1.83. The summed E-state index contributed by atoms with van der Waals surface area (Å²) in [6.07, 6.45) is 1.89. The van der Waals surface area contributed by atoms with Gasteiger partial charge >= 0.3 is 0 Å². The van der Waals surface area contributed by atoms with E-state index >= 15 is 0 Å². The summed E-state index contributed by atoms with van der Waals surface area (Å²) in [5, 5.41) is 12.3. The monoisotopic (exact) mass is 374 g/mol. The first-order valence-corrected chi connectivity index (χ1v) is 9.89. The zero-order valence-corrected chi connectivity index (χ0v) is 16.6. The van der Waals surface area contributed by atoms with Crippen LogP contribution in [0, 0.1) is 11.3 Å². The van der Waals surface area contributed by atoms with E-state index in [2.05, 4.69) is 37.0 Å². The van der Waals surface area contributed by atoms with E-state index in [-0.39, 0.29) is 0 Å². The average Bonchev–Trinajstić information content (AvgIpc) is 3.17. The molecule has 3 rings (SSSR count). The van der Waals surface area contributed by atoms with Crippen molar-refractivity contribution in [3.8, 4) is 23.1 Å². The number of hydrogen-bond donors (Lipinski definition) is 0. The maximum absolute atomic E-state index is 9.59. The Kier molecular flexibility index (Phi) is 6.05. The molecule has 0 radical (unpaired) electrons. The zero-order chi connectivity index (χ0) is 19.2. The van der Waals surface area contributed by atoms with E-state index < -0.39 is 0 Å². The van der Waals surface area contributed by atoms with Crippen LogP contribution in [0.3, 0.4) is 0 Å². The Morgan fingerprint density at radius 3 is 2.44 bits per heavy atom. The van der Waals surface area contributed by atoms with Gasteiger partial charge in [-0.2, -0.15) is 5.26 Å². The summed E-state index contributed by atoms with van der Waals surface area (Å²) in [6, 6.07) is 18.5. The van der Waals surface area contributed by atoms with Crippen LogP contribution in [-0.4, -0.2) is 11.6 Å². The van der Waals surface area contributed by atoms with Gasteiger partial charge in [0.25, 0.3) is 0 Å². The molecule has 2 aromatic carbocycles. The van der Waals surface area contributed by atoms with Crippen molar-refractivity contribution in [1.82, 2.24) is 4.98 Å². The lowest BCUT2D eigenvalue weighted by molar-refractivity contribution is 0.340. The Morgan fingerprint density at radius 2 is 1.85 bits per heavy atom. The minimum atomic E-state index is 0.495. The van der Waals surface area contributed by atoms with Gasteiger partial charge in [0.1, 0.15) is 16.8 Å². The molecular formula is C23H22N2OS. The number of aromatic nitrogens is 1. The van der Waals surface area contributed by atoms with Gasteiger partial charge in [-0.3, -0.25) is 0 Å². The SMILES string of the molecule is CCOc1ccc(-c2csc(/C(C#N)=C\c3ccc(C(C)C)cc3)n2)cc1. The van der Waals surface area contributed by atoms with Gasteiger partial charge in [0.2, 0.25) is 0 Å². The van der Waals surface area contributed by atoms with E-state index in [4.69, 9.17) is 4.74 Å². The molecule has 4 heteroatoms. The highest BCUT2D eigenvalue weighted by atomic mass is 32.1. The predicted octanol–water partition coefficient (Wildman–Crippen LogP) is 6.40. The van der Waals surface area contributed by atoms with Crippen molar-refractivity contribution in [3.63, 3.8) is 0 Å². The molecule has 27 heavy (non-hydrogen) atoms. The standard InChI is InChI=1S/C23H22N2OS/c1-4-26-21-11-9-19(10-12-21)22-15-27-23(25-22)20(14-24)13-17-5-7-18(8-6-17)16(2)3/h5-13,15-16H,4H2,1-3H3/b20-13-. The molecule has 0 atom stereocenters. The predicted molar refractivity (Wildman–Crippen MR) is 113 cm³/mol. The molecule has 0 saturated carbocycles. The second-order valence-corrected chi connectivity index (χ2v) is 7.34. The highest BCUT2D eigenvalue weighted by Crippen LogP contribution is 2.28. The molecule has 0 amide bonds. The lowest BCUT2D eigenvalue weighted by Crippen LogP contribution is -1.90. The van der Waals surface area contributed by atoms with Crippen LogP contribution < -0.4 is 4.74 Å². The summed E-state index contributed by atoms with van der Waals surface area (Å²) < 4.78 is 5.48. The van der Waals surface area contributed by atoms with E-state index in [1.54, 1.807) is 0 Å². The molecule has 0 spiro atoms. The molecule has 3 nitrogen and oxygen atoms in total. The van der Waals surface area contributed by atoms with Crippen LogP contribution in [0.2, 0.25) is 0 Å². The molecule has 0 bridgehead atoms. The Labute approximate surface area is 164 Å². The van der Waals surface area contributed by atoms with Crippen molar-refractivity contribution in [1.29, 1.82) is 5.26 Å². The van der Waals surface area contributed by atoms with E-state index in [0.717, 1.165) is 27.6 Å². The fourth-order valence-electron chi connectivity index (χ4n) is 2.70. The zero-order valence-electron chi connectivity index (χ0n) is 15.8. The molecule has 0 aliphatic carbocycles. The number of ether oxygens (including phenoxy) is 1. The number of nitrogens with zero attached hydrogens (tertiary/aromatic N) is 2. The van der Waals surface area contributed by atoms with Crippen LogP contribution in [0.4, 0.5) is 0 Å². The van der Waals surface area contributed by atoms with Crippen molar-refractivity contribution < 1.29 is 4.74 Å². The van der Waals surface area contributed by atoms with E-state index in [0.29, 0.717) is 18.1 Å². The fourth-order valence-corrected chi connectivity index (χ4v) is 3.50. The first-order valence-electron chi connectivity index (χ1n) is 9.01. The van der Waals surface area contributed by atoms with Gasteiger partial charge < -0.3 is 4.74 Å². The molecule has 0 saturated heterocycles. The summed E-state index contributed by atoms with van der Waals surface area (Å²) in [5.74, 6) is 1.34. The first-order chi connectivity index (χ1) is 13.1. The van der Waals surface area contributed by atoms with Gasteiger partial charge in [-0.1, -0.05) is 38.1 Å². The number of nitriles is 1. The number of thiazole rings is 1. The second kappa shape index (κ2) is 8.66. The third kappa shape index (κ3) is 4.64. The maximum atomic E-state index is 9.59. The summed E-state index contributed by atoms with van der Waals surface area (Å²) >= 11 is 1.49. The number of allylic oxidation sites excluding steroid dienone is 1. The van der Waals surface area contributed by atoms with E-state index in [1.165, 1.54) is 16.9 Å². The normalized spacial score (nSPS) is 11.4. The van der Waals surface area contributed by atoms with E-state index in [1.807, 2.05) is 54.8 Å². The molecule has 0 unspecified atom stereocenters. The van der Waals surface area contributed by atoms with Gasteiger partial charge in [0.05, 0.1) is 17.9 Å². The lowest BCUT2D eigenvalue weighted by Gasteiger charge is -2.05. The van der Waals surface area contributed by atoms with Crippen molar-refractivity contribution in [2.75, 3.05) is 6.61 Å². The Morgan fingerprint density at radius 1 is 1.15 bits per heavy atom. The lowest BCUT2D eigenvalue weighted by atomic mass is 10.0. The van der Waals surface area contributed by atoms with Crippen molar-refractivity contribution in [3.05, 3.63) is 70.0 Å². The van der Waals surface area contributed by atoms with E-state index in [9.17, 15) is 5.26 Å². The molecular weight excluding hydrogens is 352 g/mol. The summed E-state index contributed by atoms with van der Waals surface area (Å²) in [4.78, 5) is 4.66. The van der Waals surface area contributed by atoms with Crippen molar-refractivity contribution in [2.45, 2.75) is 26.7 Å². The van der Waals surface area contributed by atoms with Crippen molar-refractivity contribution >= 4 is 23.0 Å². The van der Waals surface area contributed by atoms with Crippen LogP contribution in [0.1, 0.15) is 42.8 Å². The average molecular weight is 375 g/mol. The molecule has 0 fully saturated rings. The second-order valence-electron chi connectivity index (χ2n) is 6.49. The smallest absolute Gasteiger partial charge is 0.134 e. The minimum Gasteiger partial charge on any atom is -0.494 e. The third-order valence-electron chi connectivity index (χ3n) is 4.23. The molecule has 0 N–H and O–H groups in total. The van der Waals surface area contributed by atoms with Gasteiger partial charge in [-0.25, -0.2) is 4.98 Å². The first kappa shape index (κ1) is 18.9. The summed E-state index contributed by atoms with van der Waals surface area (Å²) in [6.45, 7) is 6.95. The number of rotatable bonds is 6. The molecule has 0 aliphatic rings. The highest BCUT2D eigenvalue weighted by molar-refractivity contribution is 7.11. The topological polar surface area (TPSA) is 45.9 Å². The molecule has 1 heterocycles. The van der Waals surface area contributed by atoms with Gasteiger partial charge in [0.15, 0.2) is 0 Å². The molecule has 0 aliphatic heterocycles. The van der Waals surface area contributed by atoms with Crippen molar-refractivity contribution in [2.24, 2.45) is 0 Å². The number of benzene rings is 2. The third-order valence-corrected chi connectivity index (χ3v) is 5.11. The quantitative estimate of drug-likeness (QED) is 0.469. The molecule has 136 valence electrons. The van der Waals surface area contributed by atoms with Gasteiger partial charge in [-0.05, 0) is 54.3 Å². The molecule has 1 aromatic heterocycles. The molecule has 3 aromatic rings. The van der Waals surface area contributed by atoms with Crippen LogP contribution in [0.5, 0.6) is 5.75 Å². The Hall–Kier alpha value is -2.90. The van der Waals surface area contributed by atoms with Crippen LogP contribution in [-0.2, 0) is 0 Å². The number of hydrogen-bond acceptors (Lipinski definition) is 4. The van der Waals surface area contributed by atoms with Gasteiger partial charge in [-0.15, -0.1) is 11.3 Å². The van der Waals surface area contributed by atoms with Crippen LogP contribution in [0.25, 0.3) is 22.9 Å². The summed E-state index contributed by atoms with van der Waals surface area (Å²) in [7, 11) is 0. The Bertz CT molecular complexity index is 961. The summed E-state index contributed by atoms with van der Waals surface area (Å²) in [5.41, 5.74) is 4.76. The minimum absolute atomic E-state index is 0.495. The van der Waals surface area contributed by atoms with Crippen LogP contribution >= 0.6 is 11.3 Å². The van der Waals surface area contributed by atoms with Gasteiger partial charge in [0, 0.05) is 10.9 Å².